The van der Waals surface area contributed by atoms with Gasteiger partial charge in [0.05, 0.1) is 6.54 Å². The first-order valence-electron chi connectivity index (χ1n) is 5.43. The molecule has 0 radical (unpaired) electrons. The highest BCUT2D eigenvalue weighted by Crippen LogP contribution is 2.27. The van der Waals surface area contributed by atoms with Crippen LogP contribution in [0.25, 0.3) is 0 Å². The highest BCUT2D eigenvalue weighted by molar-refractivity contribution is 7.99. The van der Waals surface area contributed by atoms with Crippen LogP contribution in [0.3, 0.4) is 0 Å². The molecule has 0 heterocycles. The molecule has 0 atom stereocenters. The lowest BCUT2D eigenvalue weighted by atomic mass is 10.1. The quantitative estimate of drug-likeness (QED) is 0.717. The van der Waals surface area contributed by atoms with Crippen molar-refractivity contribution in [3.8, 4) is 0 Å². The Morgan fingerprint density at radius 2 is 1.87 bits per heavy atom. The molecule has 0 amide bonds. The van der Waals surface area contributed by atoms with Crippen LogP contribution in [0.15, 0.2) is 0 Å². The molecular formula is C10H18F3NS. The number of rotatable bonds is 6. The summed E-state index contributed by atoms with van der Waals surface area (Å²) in [7, 11) is 0. The van der Waals surface area contributed by atoms with E-state index in [2.05, 4.69) is 5.32 Å². The van der Waals surface area contributed by atoms with Gasteiger partial charge in [-0.15, -0.1) is 0 Å². The fraction of sp³-hybridized carbons (Fsp3) is 1.00. The SMILES string of the molecule is FC(F)(F)CNCCSCC1CCCC1. The predicted octanol–water partition coefficient (Wildman–Crippen LogP) is 3.06. The molecule has 1 saturated carbocycles. The maximum absolute atomic E-state index is 11.7. The number of halogens is 3. The van der Waals surface area contributed by atoms with Crippen molar-refractivity contribution in [2.75, 3.05) is 24.6 Å². The molecule has 0 unspecified atom stereocenters. The van der Waals surface area contributed by atoms with Gasteiger partial charge in [0.25, 0.3) is 0 Å². The summed E-state index contributed by atoms with van der Waals surface area (Å²) >= 11 is 1.77. The fourth-order valence-electron chi connectivity index (χ4n) is 1.80. The van der Waals surface area contributed by atoms with Crippen molar-refractivity contribution in [2.45, 2.75) is 31.9 Å². The maximum Gasteiger partial charge on any atom is 0.401 e. The smallest absolute Gasteiger partial charge is 0.308 e. The van der Waals surface area contributed by atoms with E-state index in [-0.39, 0.29) is 0 Å². The monoisotopic (exact) mass is 241 g/mol. The van der Waals surface area contributed by atoms with Gasteiger partial charge >= 0.3 is 6.18 Å². The zero-order valence-electron chi connectivity index (χ0n) is 8.78. The lowest BCUT2D eigenvalue weighted by Gasteiger charge is -2.10. The van der Waals surface area contributed by atoms with Crippen LogP contribution in [-0.4, -0.2) is 30.8 Å². The van der Waals surface area contributed by atoms with E-state index in [1.165, 1.54) is 25.7 Å². The van der Waals surface area contributed by atoms with Gasteiger partial charge in [0.1, 0.15) is 0 Å². The van der Waals surface area contributed by atoms with Crippen LogP contribution < -0.4 is 5.32 Å². The van der Waals surface area contributed by atoms with Gasteiger partial charge in [0.15, 0.2) is 0 Å². The molecule has 90 valence electrons. The van der Waals surface area contributed by atoms with Gasteiger partial charge < -0.3 is 5.32 Å². The van der Waals surface area contributed by atoms with Crippen molar-refractivity contribution < 1.29 is 13.2 Å². The molecule has 1 aliphatic rings. The first-order valence-corrected chi connectivity index (χ1v) is 6.58. The molecule has 0 aromatic heterocycles. The van der Waals surface area contributed by atoms with Crippen molar-refractivity contribution in [1.29, 1.82) is 0 Å². The van der Waals surface area contributed by atoms with Gasteiger partial charge in [-0.2, -0.15) is 24.9 Å². The third kappa shape index (κ3) is 7.06. The van der Waals surface area contributed by atoms with Crippen LogP contribution >= 0.6 is 11.8 Å². The molecule has 0 aliphatic heterocycles. The summed E-state index contributed by atoms with van der Waals surface area (Å²) in [4.78, 5) is 0. The molecule has 1 fully saturated rings. The summed E-state index contributed by atoms with van der Waals surface area (Å²) in [5.41, 5.74) is 0. The molecule has 0 bridgehead atoms. The van der Waals surface area contributed by atoms with Crippen molar-refractivity contribution in [2.24, 2.45) is 5.92 Å². The second-order valence-electron chi connectivity index (χ2n) is 4.02. The molecule has 1 N–H and O–H groups in total. The summed E-state index contributed by atoms with van der Waals surface area (Å²) < 4.78 is 35.2. The van der Waals surface area contributed by atoms with E-state index in [1.807, 2.05) is 0 Å². The minimum atomic E-state index is -4.07. The third-order valence-electron chi connectivity index (χ3n) is 2.58. The van der Waals surface area contributed by atoms with Crippen molar-refractivity contribution in [1.82, 2.24) is 5.32 Å². The van der Waals surface area contributed by atoms with Gasteiger partial charge in [0.2, 0.25) is 0 Å². The first-order chi connectivity index (χ1) is 7.08. The lowest BCUT2D eigenvalue weighted by Crippen LogP contribution is -2.30. The maximum atomic E-state index is 11.7. The van der Waals surface area contributed by atoms with E-state index in [0.29, 0.717) is 6.54 Å². The van der Waals surface area contributed by atoms with Crippen LogP contribution in [-0.2, 0) is 0 Å². The zero-order chi connectivity index (χ0) is 11.1. The molecule has 1 aliphatic carbocycles. The third-order valence-corrected chi connectivity index (χ3v) is 3.78. The van der Waals surface area contributed by atoms with E-state index in [4.69, 9.17) is 0 Å². The number of hydrogen-bond acceptors (Lipinski definition) is 2. The largest absolute Gasteiger partial charge is 0.401 e. The lowest BCUT2D eigenvalue weighted by molar-refractivity contribution is -0.124. The Morgan fingerprint density at radius 3 is 2.47 bits per heavy atom. The first kappa shape index (κ1) is 13.2. The average Bonchev–Trinajstić information content (AvgIpc) is 2.61. The molecule has 1 rings (SSSR count). The summed E-state index contributed by atoms with van der Waals surface area (Å²) in [5, 5.41) is 2.40. The molecule has 0 saturated heterocycles. The van der Waals surface area contributed by atoms with Gasteiger partial charge in [-0.3, -0.25) is 0 Å². The Kier molecular flexibility index (Phi) is 5.82. The molecule has 15 heavy (non-hydrogen) atoms. The fourth-order valence-corrected chi connectivity index (χ4v) is 2.92. The molecule has 0 aromatic carbocycles. The Morgan fingerprint density at radius 1 is 1.20 bits per heavy atom. The normalized spacial score (nSPS) is 18.6. The number of thioether (sulfide) groups is 1. The molecular weight excluding hydrogens is 223 g/mol. The average molecular weight is 241 g/mol. The van der Waals surface area contributed by atoms with Gasteiger partial charge in [-0.1, -0.05) is 12.8 Å². The second kappa shape index (κ2) is 6.63. The molecule has 0 aromatic rings. The number of nitrogens with one attached hydrogen (secondary N) is 1. The van der Waals surface area contributed by atoms with E-state index in [1.54, 1.807) is 11.8 Å². The van der Waals surface area contributed by atoms with Crippen LogP contribution in [0.2, 0.25) is 0 Å². The van der Waals surface area contributed by atoms with Crippen molar-refractivity contribution in [3.05, 3.63) is 0 Å². The predicted molar refractivity (Wildman–Crippen MR) is 58.2 cm³/mol. The molecule has 5 heteroatoms. The summed E-state index contributed by atoms with van der Waals surface area (Å²) in [6.07, 6.45) is 1.21. The standard InChI is InChI=1S/C10H18F3NS/c11-10(12,13)8-14-5-6-15-7-9-3-1-2-4-9/h9,14H,1-8H2. The minimum absolute atomic E-state index is 0.455. The highest BCUT2D eigenvalue weighted by Gasteiger charge is 2.25. The second-order valence-corrected chi connectivity index (χ2v) is 5.17. The van der Waals surface area contributed by atoms with Crippen LogP contribution in [0.4, 0.5) is 13.2 Å². The van der Waals surface area contributed by atoms with Gasteiger partial charge in [0, 0.05) is 12.3 Å². The number of hydrogen-bond donors (Lipinski definition) is 1. The Bertz CT molecular complexity index is 167. The minimum Gasteiger partial charge on any atom is -0.308 e. The van der Waals surface area contributed by atoms with E-state index >= 15 is 0 Å². The van der Waals surface area contributed by atoms with Crippen LogP contribution in [0.5, 0.6) is 0 Å². The summed E-state index contributed by atoms with van der Waals surface area (Å²) in [5.74, 6) is 2.72. The summed E-state index contributed by atoms with van der Waals surface area (Å²) in [6, 6.07) is 0. The summed E-state index contributed by atoms with van der Waals surface area (Å²) in [6.45, 7) is -0.409. The Balaban J connectivity index is 1.84. The van der Waals surface area contributed by atoms with Crippen molar-refractivity contribution >= 4 is 11.8 Å². The zero-order valence-corrected chi connectivity index (χ0v) is 9.59. The van der Waals surface area contributed by atoms with Gasteiger partial charge in [-0.25, -0.2) is 0 Å². The highest BCUT2D eigenvalue weighted by atomic mass is 32.2. The van der Waals surface area contributed by atoms with E-state index < -0.39 is 12.7 Å². The number of alkyl halides is 3. The Labute approximate surface area is 93.2 Å². The molecule has 1 nitrogen and oxygen atoms in total. The van der Waals surface area contributed by atoms with Crippen molar-refractivity contribution in [3.63, 3.8) is 0 Å². The Hall–Kier alpha value is 0.100. The molecule has 0 spiro atoms. The van der Waals surface area contributed by atoms with E-state index in [0.717, 1.165) is 17.4 Å². The van der Waals surface area contributed by atoms with E-state index in [9.17, 15) is 13.2 Å². The van der Waals surface area contributed by atoms with Gasteiger partial charge in [-0.05, 0) is 24.5 Å². The van der Waals surface area contributed by atoms with Crippen LogP contribution in [0.1, 0.15) is 25.7 Å². The van der Waals surface area contributed by atoms with Crippen LogP contribution in [0, 0.1) is 5.92 Å². The topological polar surface area (TPSA) is 12.0 Å².